The van der Waals surface area contributed by atoms with Crippen molar-refractivity contribution in [3.63, 3.8) is 0 Å². The van der Waals surface area contributed by atoms with Gasteiger partial charge in [-0.05, 0) is 66.9 Å². The van der Waals surface area contributed by atoms with Crippen LogP contribution in [-0.2, 0) is 11.2 Å². The summed E-state index contributed by atoms with van der Waals surface area (Å²) in [6.07, 6.45) is 1.94. The zero-order chi connectivity index (χ0) is 20.3. The van der Waals surface area contributed by atoms with Crippen LogP contribution in [0.4, 0.5) is 5.69 Å². The van der Waals surface area contributed by atoms with Crippen LogP contribution in [0.25, 0.3) is 0 Å². The topological polar surface area (TPSA) is 56.8 Å². The van der Waals surface area contributed by atoms with Crippen molar-refractivity contribution in [2.45, 2.75) is 12.8 Å². The van der Waals surface area contributed by atoms with Gasteiger partial charge in [0.05, 0.1) is 13.7 Å². The third-order valence-corrected chi connectivity index (χ3v) is 4.29. The molecule has 0 atom stereocenters. The Hall–Kier alpha value is -3.47. The summed E-state index contributed by atoms with van der Waals surface area (Å²) < 4.78 is 16.3. The lowest BCUT2D eigenvalue weighted by Gasteiger charge is -2.10. The molecule has 0 aliphatic heterocycles. The minimum Gasteiger partial charge on any atom is -0.497 e. The molecule has 0 radical (unpaired) electrons. The molecule has 0 spiro atoms. The van der Waals surface area contributed by atoms with Crippen LogP contribution in [0.5, 0.6) is 17.2 Å². The lowest BCUT2D eigenvalue weighted by molar-refractivity contribution is -0.118. The number of carbonyl (C=O) groups excluding carboxylic acids is 1. The van der Waals surface area contributed by atoms with Crippen LogP contribution in [0, 0.1) is 0 Å². The molecule has 1 N–H and O–H groups in total. The van der Waals surface area contributed by atoms with Gasteiger partial charge in [0.1, 0.15) is 17.2 Å². The average molecular weight is 391 g/mol. The van der Waals surface area contributed by atoms with Crippen molar-refractivity contribution < 1.29 is 19.0 Å². The number of anilines is 1. The van der Waals surface area contributed by atoms with Crippen molar-refractivity contribution in [3.8, 4) is 17.2 Å². The average Bonchev–Trinajstić information content (AvgIpc) is 2.77. The molecule has 0 saturated carbocycles. The molecule has 0 aliphatic rings. The number of methoxy groups -OCH3 is 1. The van der Waals surface area contributed by atoms with Gasteiger partial charge in [-0.15, -0.1) is 0 Å². The molecule has 3 rings (SSSR count). The van der Waals surface area contributed by atoms with Gasteiger partial charge in [0, 0.05) is 5.69 Å². The smallest absolute Gasteiger partial charge is 0.262 e. The normalized spacial score (nSPS) is 10.2. The Morgan fingerprint density at radius 3 is 2.10 bits per heavy atom. The summed E-state index contributed by atoms with van der Waals surface area (Å²) in [6.45, 7) is 0.584. The van der Waals surface area contributed by atoms with Gasteiger partial charge in [-0.2, -0.15) is 0 Å². The minimum atomic E-state index is -0.225. The standard InChI is InChI=1S/C24H25NO4/c1-27-21-13-15-23(16-14-21)29-18-24(26)25-20-9-11-22(12-10-20)28-17-5-8-19-6-3-2-4-7-19/h2-4,6-7,9-16H,5,8,17-18H2,1H3,(H,25,26). The quantitative estimate of drug-likeness (QED) is 0.508. The van der Waals surface area contributed by atoms with Crippen molar-refractivity contribution in [2.24, 2.45) is 0 Å². The van der Waals surface area contributed by atoms with Crippen molar-refractivity contribution in [1.29, 1.82) is 0 Å². The summed E-state index contributed by atoms with van der Waals surface area (Å²) in [7, 11) is 1.60. The van der Waals surface area contributed by atoms with Gasteiger partial charge in [0.15, 0.2) is 6.61 Å². The van der Waals surface area contributed by atoms with Gasteiger partial charge < -0.3 is 19.5 Å². The summed E-state index contributed by atoms with van der Waals surface area (Å²) in [4.78, 5) is 12.0. The number of aryl methyl sites for hydroxylation is 1. The van der Waals surface area contributed by atoms with Crippen LogP contribution in [-0.4, -0.2) is 26.2 Å². The van der Waals surface area contributed by atoms with Crippen molar-refractivity contribution >= 4 is 11.6 Å². The summed E-state index contributed by atoms with van der Waals surface area (Å²) in [5.74, 6) is 1.91. The number of ether oxygens (including phenoxy) is 3. The maximum atomic E-state index is 12.0. The van der Waals surface area contributed by atoms with E-state index in [2.05, 4.69) is 17.4 Å². The number of rotatable bonds is 10. The number of hydrogen-bond donors (Lipinski definition) is 1. The Labute approximate surface area is 171 Å². The fraction of sp³-hybridized carbons (Fsp3) is 0.208. The molecule has 1 amide bonds. The third kappa shape index (κ3) is 6.88. The second kappa shape index (κ2) is 10.8. The van der Waals surface area contributed by atoms with Gasteiger partial charge in [0.2, 0.25) is 0 Å². The van der Waals surface area contributed by atoms with Gasteiger partial charge >= 0.3 is 0 Å². The van der Waals surface area contributed by atoms with E-state index in [1.807, 2.05) is 42.5 Å². The van der Waals surface area contributed by atoms with Gasteiger partial charge in [-0.25, -0.2) is 0 Å². The Bertz CT molecular complexity index is 877. The van der Waals surface area contributed by atoms with Gasteiger partial charge in [0.25, 0.3) is 5.91 Å². The molecule has 5 nitrogen and oxygen atoms in total. The largest absolute Gasteiger partial charge is 0.497 e. The molecule has 3 aromatic carbocycles. The van der Waals surface area contributed by atoms with Gasteiger partial charge in [-0.1, -0.05) is 30.3 Å². The predicted molar refractivity (Wildman–Crippen MR) is 114 cm³/mol. The highest BCUT2D eigenvalue weighted by atomic mass is 16.5. The second-order valence-corrected chi connectivity index (χ2v) is 6.47. The van der Waals surface area contributed by atoms with Crippen molar-refractivity contribution in [2.75, 3.05) is 25.6 Å². The molecule has 0 bridgehead atoms. The van der Waals surface area contributed by atoms with Crippen LogP contribution < -0.4 is 19.5 Å². The third-order valence-electron chi connectivity index (χ3n) is 4.29. The van der Waals surface area contributed by atoms with E-state index in [1.54, 1.807) is 31.4 Å². The van der Waals surface area contributed by atoms with Crippen LogP contribution in [0.2, 0.25) is 0 Å². The molecule has 0 unspecified atom stereocenters. The summed E-state index contributed by atoms with van der Waals surface area (Å²) >= 11 is 0. The fourth-order valence-corrected chi connectivity index (χ4v) is 2.76. The maximum absolute atomic E-state index is 12.0. The highest BCUT2D eigenvalue weighted by molar-refractivity contribution is 5.91. The van der Waals surface area contributed by atoms with E-state index >= 15 is 0 Å². The first-order valence-electron chi connectivity index (χ1n) is 9.56. The molecule has 0 aliphatic carbocycles. The first kappa shape index (κ1) is 20.3. The number of benzene rings is 3. The van der Waals surface area contributed by atoms with E-state index in [9.17, 15) is 4.79 Å². The van der Waals surface area contributed by atoms with E-state index in [0.717, 1.165) is 24.3 Å². The predicted octanol–water partition coefficient (Wildman–Crippen LogP) is 4.72. The highest BCUT2D eigenvalue weighted by Crippen LogP contribution is 2.18. The summed E-state index contributed by atoms with van der Waals surface area (Å²) in [6, 6.07) is 24.8. The Morgan fingerprint density at radius 1 is 0.793 bits per heavy atom. The minimum absolute atomic E-state index is 0.0654. The molecule has 0 aromatic heterocycles. The number of hydrogen-bond acceptors (Lipinski definition) is 4. The van der Waals surface area contributed by atoms with Crippen LogP contribution in [0.3, 0.4) is 0 Å². The highest BCUT2D eigenvalue weighted by Gasteiger charge is 2.05. The molecule has 0 heterocycles. The van der Waals surface area contributed by atoms with Crippen LogP contribution >= 0.6 is 0 Å². The fourth-order valence-electron chi connectivity index (χ4n) is 2.76. The van der Waals surface area contributed by atoms with E-state index in [-0.39, 0.29) is 12.5 Å². The Balaban J connectivity index is 1.37. The Kier molecular flexibility index (Phi) is 7.52. The van der Waals surface area contributed by atoms with E-state index in [1.165, 1.54) is 5.56 Å². The lowest BCUT2D eigenvalue weighted by atomic mass is 10.1. The first-order chi connectivity index (χ1) is 14.2. The first-order valence-corrected chi connectivity index (χ1v) is 9.56. The van der Waals surface area contributed by atoms with E-state index < -0.39 is 0 Å². The number of carbonyl (C=O) groups is 1. The SMILES string of the molecule is COc1ccc(OCC(=O)Nc2ccc(OCCCc3ccccc3)cc2)cc1. The summed E-state index contributed by atoms with van der Waals surface area (Å²) in [5, 5.41) is 2.81. The van der Waals surface area contributed by atoms with Crippen molar-refractivity contribution in [1.82, 2.24) is 0 Å². The zero-order valence-corrected chi connectivity index (χ0v) is 16.5. The Morgan fingerprint density at radius 2 is 1.41 bits per heavy atom. The van der Waals surface area contributed by atoms with Crippen LogP contribution in [0.15, 0.2) is 78.9 Å². The molecule has 0 fully saturated rings. The number of nitrogens with one attached hydrogen (secondary N) is 1. The maximum Gasteiger partial charge on any atom is 0.262 e. The molecule has 5 heteroatoms. The molecule has 29 heavy (non-hydrogen) atoms. The van der Waals surface area contributed by atoms with Gasteiger partial charge in [-0.3, -0.25) is 4.79 Å². The monoisotopic (exact) mass is 391 g/mol. The van der Waals surface area contributed by atoms with Crippen molar-refractivity contribution in [3.05, 3.63) is 84.4 Å². The van der Waals surface area contributed by atoms with E-state index in [4.69, 9.17) is 14.2 Å². The molecular formula is C24H25NO4. The molecule has 3 aromatic rings. The van der Waals surface area contributed by atoms with Crippen LogP contribution in [0.1, 0.15) is 12.0 Å². The lowest BCUT2D eigenvalue weighted by Crippen LogP contribution is -2.20. The second-order valence-electron chi connectivity index (χ2n) is 6.47. The summed E-state index contributed by atoms with van der Waals surface area (Å²) in [5.41, 5.74) is 2.01. The molecule has 150 valence electrons. The zero-order valence-electron chi connectivity index (χ0n) is 16.5. The molecular weight excluding hydrogens is 366 g/mol. The molecule has 0 saturated heterocycles. The van der Waals surface area contributed by atoms with E-state index in [0.29, 0.717) is 18.0 Å². The number of amides is 1.